The van der Waals surface area contributed by atoms with Gasteiger partial charge in [0.25, 0.3) is 10.1 Å². The van der Waals surface area contributed by atoms with Crippen molar-refractivity contribution in [2.75, 3.05) is 23.0 Å². The minimum Gasteiger partial charge on any atom is -0.352 e. The minimum atomic E-state index is -4.02. The molecule has 0 atom stereocenters. The van der Waals surface area contributed by atoms with E-state index in [1.165, 1.54) is 29.1 Å². The molecule has 1 heterocycles. The molecule has 0 spiro atoms. The highest BCUT2D eigenvalue weighted by Gasteiger charge is 2.23. The maximum atomic E-state index is 10.5. The number of aryl methyl sites for hydroxylation is 1. The van der Waals surface area contributed by atoms with Crippen LogP contribution >= 0.6 is 0 Å². The average Bonchev–Trinajstić information content (AvgIpc) is 3.07. The number of hydrogen-bond donors (Lipinski definition) is 1. The van der Waals surface area contributed by atoms with Crippen LogP contribution in [0.25, 0.3) is 0 Å². The highest BCUT2D eigenvalue weighted by atomic mass is 32.2. The van der Waals surface area contributed by atoms with Crippen LogP contribution in [0.5, 0.6) is 0 Å². The zero-order chi connectivity index (χ0) is 20.9. The van der Waals surface area contributed by atoms with E-state index in [2.05, 4.69) is 71.3 Å². The Hall–Kier alpha value is -2.83. The van der Waals surface area contributed by atoms with Gasteiger partial charge in [0, 0.05) is 13.1 Å². The number of nitrogens with zero attached hydrogens (tertiary/aromatic N) is 2. The van der Waals surface area contributed by atoms with Gasteiger partial charge in [-0.05, 0) is 43.7 Å². The van der Waals surface area contributed by atoms with Gasteiger partial charge in [0.15, 0.2) is 0 Å². The highest BCUT2D eigenvalue weighted by Crippen LogP contribution is 2.36. The normalized spacial score (nSPS) is 12.9. The van der Waals surface area contributed by atoms with Crippen LogP contribution < -0.4 is 9.80 Å². The third kappa shape index (κ3) is 5.37. The van der Waals surface area contributed by atoms with Crippen molar-refractivity contribution in [3.05, 3.63) is 90.0 Å². The molecule has 3 aromatic rings. The Bertz CT molecular complexity index is 1040. The van der Waals surface area contributed by atoms with Crippen molar-refractivity contribution in [1.29, 1.82) is 0 Å². The minimum absolute atomic E-state index is 0.0666. The van der Waals surface area contributed by atoms with Gasteiger partial charge in [-0.2, -0.15) is 8.42 Å². The Morgan fingerprint density at radius 1 is 0.828 bits per heavy atom. The Morgan fingerprint density at radius 2 is 1.38 bits per heavy atom. The SMILES string of the molecule is CCN1CN(Cc2ccccc2)c2ccccc21.Cc1ccc(S(=O)(=O)O)cc1. The first-order chi connectivity index (χ1) is 13.9. The lowest BCUT2D eigenvalue weighted by atomic mass is 10.2. The molecule has 29 heavy (non-hydrogen) atoms. The zero-order valence-electron chi connectivity index (χ0n) is 16.7. The molecule has 0 saturated carbocycles. The lowest BCUT2D eigenvalue weighted by Crippen LogP contribution is -2.30. The van der Waals surface area contributed by atoms with Crippen LogP contribution in [0.2, 0.25) is 0 Å². The number of hydrogen-bond acceptors (Lipinski definition) is 4. The predicted molar refractivity (Wildman–Crippen MR) is 118 cm³/mol. The number of benzene rings is 3. The van der Waals surface area contributed by atoms with Crippen molar-refractivity contribution in [3.63, 3.8) is 0 Å². The van der Waals surface area contributed by atoms with Gasteiger partial charge in [0.2, 0.25) is 0 Å². The van der Waals surface area contributed by atoms with Crippen LogP contribution in [0, 0.1) is 6.92 Å². The molecule has 1 aliphatic rings. The van der Waals surface area contributed by atoms with Crippen LogP contribution in [0.3, 0.4) is 0 Å². The summed E-state index contributed by atoms with van der Waals surface area (Å²) in [5.74, 6) is 0. The fourth-order valence-corrected chi connectivity index (χ4v) is 3.76. The van der Waals surface area contributed by atoms with E-state index in [1.807, 2.05) is 6.92 Å². The standard InChI is InChI=1S/C16H18N2.C7H8O3S/c1-2-17-13-18(12-14-8-4-3-5-9-14)16-11-7-6-10-15(16)17;1-6-2-4-7(5-3-6)11(8,9)10/h3-11H,2,12-13H2,1H3;2-5H,1H3,(H,8,9,10). The third-order valence-corrected chi connectivity index (χ3v) is 5.69. The second-order valence-corrected chi connectivity index (χ2v) is 8.38. The molecule has 0 fully saturated rings. The summed E-state index contributed by atoms with van der Waals surface area (Å²) in [6.45, 7) is 7.08. The van der Waals surface area contributed by atoms with Crippen molar-refractivity contribution < 1.29 is 13.0 Å². The maximum Gasteiger partial charge on any atom is 0.294 e. The van der Waals surface area contributed by atoms with Crippen molar-refractivity contribution in [2.45, 2.75) is 25.3 Å². The smallest absolute Gasteiger partial charge is 0.294 e. The molecular formula is C23H26N2O3S. The van der Waals surface area contributed by atoms with E-state index < -0.39 is 10.1 Å². The monoisotopic (exact) mass is 410 g/mol. The summed E-state index contributed by atoms with van der Waals surface area (Å²) >= 11 is 0. The molecule has 1 aliphatic heterocycles. The lowest BCUT2D eigenvalue weighted by Gasteiger charge is -2.20. The Morgan fingerprint density at radius 3 is 1.93 bits per heavy atom. The van der Waals surface area contributed by atoms with Gasteiger partial charge in [0.05, 0.1) is 22.9 Å². The van der Waals surface area contributed by atoms with E-state index >= 15 is 0 Å². The van der Waals surface area contributed by atoms with Gasteiger partial charge in [-0.3, -0.25) is 4.55 Å². The Kier molecular flexibility index (Phi) is 6.56. The summed E-state index contributed by atoms with van der Waals surface area (Å²) in [7, 11) is -4.02. The molecule has 0 amide bonds. The zero-order valence-corrected chi connectivity index (χ0v) is 17.5. The molecule has 152 valence electrons. The summed E-state index contributed by atoms with van der Waals surface area (Å²) in [4.78, 5) is 4.79. The molecule has 0 saturated heterocycles. The molecule has 4 rings (SSSR count). The van der Waals surface area contributed by atoms with Crippen LogP contribution in [-0.4, -0.2) is 26.2 Å². The number of anilines is 2. The van der Waals surface area contributed by atoms with E-state index in [0.717, 1.165) is 25.3 Å². The van der Waals surface area contributed by atoms with Crippen molar-refractivity contribution in [3.8, 4) is 0 Å². The average molecular weight is 411 g/mol. The molecule has 0 radical (unpaired) electrons. The summed E-state index contributed by atoms with van der Waals surface area (Å²) in [5.41, 5.74) is 5.03. The van der Waals surface area contributed by atoms with Crippen LogP contribution in [0.15, 0.2) is 83.8 Å². The second kappa shape index (κ2) is 9.11. The molecule has 5 nitrogen and oxygen atoms in total. The van der Waals surface area contributed by atoms with Gasteiger partial charge in [-0.15, -0.1) is 0 Å². The van der Waals surface area contributed by atoms with Gasteiger partial charge in [-0.25, -0.2) is 0 Å². The first-order valence-corrected chi connectivity index (χ1v) is 11.0. The molecule has 3 aromatic carbocycles. The molecule has 0 aromatic heterocycles. The van der Waals surface area contributed by atoms with Crippen molar-refractivity contribution in [1.82, 2.24) is 0 Å². The van der Waals surface area contributed by atoms with E-state index in [0.29, 0.717) is 0 Å². The van der Waals surface area contributed by atoms with Gasteiger partial charge < -0.3 is 9.80 Å². The van der Waals surface area contributed by atoms with E-state index in [9.17, 15) is 8.42 Å². The van der Waals surface area contributed by atoms with E-state index in [1.54, 1.807) is 12.1 Å². The fraction of sp³-hybridized carbons (Fsp3) is 0.217. The van der Waals surface area contributed by atoms with E-state index in [4.69, 9.17) is 4.55 Å². The Labute approximate surface area is 173 Å². The highest BCUT2D eigenvalue weighted by molar-refractivity contribution is 7.85. The van der Waals surface area contributed by atoms with Crippen molar-refractivity contribution >= 4 is 21.5 Å². The summed E-state index contributed by atoms with van der Waals surface area (Å²) in [6.07, 6.45) is 0. The van der Waals surface area contributed by atoms with Gasteiger partial charge >= 0.3 is 0 Å². The largest absolute Gasteiger partial charge is 0.352 e. The molecule has 1 N–H and O–H groups in total. The first kappa shape index (κ1) is 20.9. The van der Waals surface area contributed by atoms with E-state index in [-0.39, 0.29) is 4.90 Å². The second-order valence-electron chi connectivity index (χ2n) is 6.96. The van der Waals surface area contributed by atoms with Crippen molar-refractivity contribution in [2.24, 2.45) is 0 Å². The molecule has 0 unspecified atom stereocenters. The summed E-state index contributed by atoms with van der Waals surface area (Å²) in [5, 5.41) is 0. The lowest BCUT2D eigenvalue weighted by molar-refractivity contribution is 0.483. The molecule has 6 heteroatoms. The van der Waals surface area contributed by atoms with Gasteiger partial charge in [-0.1, -0.05) is 60.2 Å². The summed E-state index contributed by atoms with van der Waals surface area (Å²) in [6, 6.07) is 25.3. The first-order valence-electron chi connectivity index (χ1n) is 9.55. The van der Waals surface area contributed by atoms with Crippen LogP contribution in [0.1, 0.15) is 18.1 Å². The fourth-order valence-electron chi connectivity index (χ4n) is 3.28. The summed E-state index contributed by atoms with van der Waals surface area (Å²) < 4.78 is 29.6. The number of para-hydroxylation sites is 2. The van der Waals surface area contributed by atoms with Crippen LogP contribution in [0.4, 0.5) is 11.4 Å². The van der Waals surface area contributed by atoms with Gasteiger partial charge in [0.1, 0.15) is 0 Å². The van der Waals surface area contributed by atoms with Crippen LogP contribution in [-0.2, 0) is 16.7 Å². The quantitative estimate of drug-likeness (QED) is 0.630. The molecular weight excluding hydrogens is 384 g/mol. The topological polar surface area (TPSA) is 60.9 Å². The number of rotatable bonds is 4. The maximum absolute atomic E-state index is 10.5. The third-order valence-electron chi connectivity index (χ3n) is 4.82. The molecule has 0 aliphatic carbocycles. The Balaban J connectivity index is 0.000000188. The molecule has 0 bridgehead atoms. The number of fused-ring (bicyclic) bond motifs is 1. The predicted octanol–water partition coefficient (Wildman–Crippen LogP) is 4.73.